The van der Waals surface area contributed by atoms with Crippen molar-refractivity contribution in [2.75, 3.05) is 14.2 Å². The Morgan fingerprint density at radius 3 is 2.45 bits per heavy atom. The Morgan fingerprint density at radius 1 is 1.20 bits per heavy atom. The van der Waals surface area contributed by atoms with Crippen molar-refractivity contribution in [1.29, 1.82) is 0 Å². The van der Waals surface area contributed by atoms with Crippen LogP contribution in [0.15, 0.2) is 46.8 Å². The number of rotatable bonds is 3. The summed E-state index contributed by atoms with van der Waals surface area (Å²) in [5.41, 5.74) is 11.9. The van der Waals surface area contributed by atoms with E-state index < -0.39 is 0 Å². The molecule has 0 aliphatic heterocycles. The molecule has 1 aromatic carbocycles. The van der Waals surface area contributed by atoms with Gasteiger partial charge in [0.05, 0.1) is 14.2 Å². The summed E-state index contributed by atoms with van der Waals surface area (Å²) >= 11 is 4.43. The lowest BCUT2D eigenvalue weighted by molar-refractivity contribution is -0.0142. The van der Waals surface area contributed by atoms with Gasteiger partial charge in [-0.2, -0.15) is 4.79 Å². The maximum atomic E-state index is 9.38. The van der Waals surface area contributed by atoms with Gasteiger partial charge in [0, 0.05) is 11.0 Å². The fourth-order valence-electron chi connectivity index (χ4n) is 2.38. The molecule has 1 aliphatic carbocycles. The average Bonchev–Trinajstić information content (AvgIpc) is 2.46. The molecule has 1 aromatic rings. The van der Waals surface area contributed by atoms with Crippen LogP contribution in [0.5, 0.6) is 0 Å². The number of nitrogens with zero attached hydrogens (tertiary/aromatic N) is 2. The summed E-state index contributed by atoms with van der Waals surface area (Å²) in [7, 11) is 3.11. The van der Waals surface area contributed by atoms with Gasteiger partial charge in [-0.15, -0.1) is 12.6 Å². The Bertz CT molecular complexity index is 643. The average molecular weight is 288 g/mol. The van der Waals surface area contributed by atoms with E-state index in [0.717, 1.165) is 11.1 Å². The largest absolute Gasteiger partial charge is 0.499 e. The van der Waals surface area contributed by atoms with Crippen molar-refractivity contribution in [3.05, 3.63) is 63.4 Å². The number of aryl methyl sites for hydroxylation is 1. The molecule has 0 radical (unpaired) electrons. The van der Waals surface area contributed by atoms with E-state index in [1.54, 1.807) is 13.2 Å². The quantitative estimate of drug-likeness (QED) is 0.528. The Balaban J connectivity index is 2.68. The van der Waals surface area contributed by atoms with Gasteiger partial charge >= 0.3 is 5.71 Å². The van der Waals surface area contributed by atoms with E-state index >= 15 is 0 Å². The summed E-state index contributed by atoms with van der Waals surface area (Å²) < 4.78 is 10.7. The van der Waals surface area contributed by atoms with Crippen LogP contribution in [0.3, 0.4) is 0 Å². The summed E-state index contributed by atoms with van der Waals surface area (Å²) in [4.78, 5) is 4.06. The highest BCUT2D eigenvalue weighted by Gasteiger charge is 2.39. The second-order valence-electron chi connectivity index (χ2n) is 4.44. The lowest BCUT2D eigenvalue weighted by Gasteiger charge is -2.23. The fourth-order valence-corrected chi connectivity index (χ4v) is 2.71. The van der Waals surface area contributed by atoms with Gasteiger partial charge in [-0.1, -0.05) is 24.3 Å². The molecule has 0 spiro atoms. The highest BCUT2D eigenvalue weighted by Crippen LogP contribution is 2.37. The highest BCUT2D eigenvalue weighted by atomic mass is 32.1. The highest BCUT2D eigenvalue weighted by molar-refractivity contribution is 7.84. The number of hydrogen-bond donors (Lipinski definition) is 1. The van der Waals surface area contributed by atoms with Crippen molar-refractivity contribution in [3.8, 4) is 0 Å². The van der Waals surface area contributed by atoms with Crippen molar-refractivity contribution in [2.45, 2.75) is 12.8 Å². The lowest BCUT2D eigenvalue weighted by Crippen LogP contribution is -2.24. The van der Waals surface area contributed by atoms with Crippen molar-refractivity contribution >= 4 is 18.3 Å². The van der Waals surface area contributed by atoms with Gasteiger partial charge in [-0.3, -0.25) is 0 Å². The molecule has 104 valence electrons. The van der Waals surface area contributed by atoms with E-state index in [9.17, 15) is 5.53 Å². The maximum absolute atomic E-state index is 9.38. The first-order chi connectivity index (χ1) is 9.63. The van der Waals surface area contributed by atoms with Crippen molar-refractivity contribution in [2.24, 2.45) is 0 Å². The molecule has 2 rings (SSSR count). The fraction of sp³-hybridized carbons (Fsp3) is 0.267. The molecule has 1 unspecified atom stereocenters. The molecule has 4 nitrogen and oxygen atoms in total. The third-order valence-electron chi connectivity index (χ3n) is 3.36. The van der Waals surface area contributed by atoms with E-state index in [1.807, 2.05) is 31.2 Å². The second-order valence-corrected chi connectivity index (χ2v) is 4.92. The van der Waals surface area contributed by atoms with Gasteiger partial charge in [-0.05, 0) is 18.1 Å². The zero-order valence-electron chi connectivity index (χ0n) is 11.6. The number of hydrogen-bond acceptors (Lipinski definition) is 3. The minimum atomic E-state index is -0.335. The molecule has 0 heterocycles. The van der Waals surface area contributed by atoms with E-state index in [-0.39, 0.29) is 5.92 Å². The third kappa shape index (κ3) is 2.38. The van der Waals surface area contributed by atoms with Crippen LogP contribution in [-0.4, -0.2) is 24.7 Å². The van der Waals surface area contributed by atoms with Crippen LogP contribution in [0.2, 0.25) is 0 Å². The molecule has 1 atom stereocenters. The predicted octanol–water partition coefficient (Wildman–Crippen LogP) is 3.08. The second kappa shape index (κ2) is 5.99. The molecule has 0 saturated carbocycles. The molecule has 20 heavy (non-hydrogen) atoms. The SMILES string of the molecule is COC1=CC(S)=C(OC)C(c2ccccc2C)C1=[N+]=[N-]. The molecule has 5 heteroatoms. The van der Waals surface area contributed by atoms with Crippen molar-refractivity contribution in [1.82, 2.24) is 0 Å². The van der Waals surface area contributed by atoms with E-state index in [2.05, 4.69) is 17.4 Å². The monoisotopic (exact) mass is 288 g/mol. The molecule has 0 aromatic heterocycles. The molecule has 0 N–H and O–H groups in total. The van der Waals surface area contributed by atoms with Crippen LogP contribution in [0, 0.1) is 6.92 Å². The Labute approximate surface area is 123 Å². The van der Waals surface area contributed by atoms with Gasteiger partial charge in [0.15, 0.2) is 0 Å². The Kier molecular flexibility index (Phi) is 4.32. The van der Waals surface area contributed by atoms with Crippen LogP contribution in [0.4, 0.5) is 0 Å². The summed E-state index contributed by atoms with van der Waals surface area (Å²) in [6.07, 6.45) is 1.69. The predicted molar refractivity (Wildman–Crippen MR) is 80.7 cm³/mol. The molecule has 0 amide bonds. The third-order valence-corrected chi connectivity index (χ3v) is 3.70. The zero-order chi connectivity index (χ0) is 14.7. The molecular formula is C15H16N2O2S. The zero-order valence-corrected chi connectivity index (χ0v) is 12.5. The minimum absolute atomic E-state index is 0.335. The number of ether oxygens (including phenoxy) is 2. The number of methoxy groups -OCH3 is 2. The standard InChI is InChI=1S/C15H16N2O2S/c1-9-6-4-5-7-10(9)13-14(17-16)11(18-2)8-12(20)15(13)19-3/h4-8,13,20H,1-3H3. The van der Waals surface area contributed by atoms with Gasteiger partial charge in [0.1, 0.15) is 11.7 Å². The van der Waals surface area contributed by atoms with Gasteiger partial charge in [0.25, 0.3) is 0 Å². The van der Waals surface area contributed by atoms with Crippen molar-refractivity contribution < 1.29 is 14.3 Å². The summed E-state index contributed by atoms with van der Waals surface area (Å²) in [5.74, 6) is 0.779. The van der Waals surface area contributed by atoms with Crippen molar-refractivity contribution in [3.63, 3.8) is 0 Å². The molecule has 0 bridgehead atoms. The Morgan fingerprint density at radius 2 is 1.90 bits per heavy atom. The summed E-state index contributed by atoms with van der Waals surface area (Å²) in [5, 5.41) is 0. The topological polar surface area (TPSA) is 54.9 Å². The van der Waals surface area contributed by atoms with Crippen LogP contribution in [-0.2, 0) is 9.47 Å². The number of allylic oxidation sites excluding steroid dienone is 3. The first-order valence-electron chi connectivity index (χ1n) is 6.14. The first-order valence-corrected chi connectivity index (χ1v) is 6.59. The first kappa shape index (κ1) is 14.4. The Hall–Kier alpha value is -1.97. The number of benzene rings is 1. The van der Waals surface area contributed by atoms with Gasteiger partial charge in [-0.25, -0.2) is 0 Å². The van der Waals surface area contributed by atoms with E-state index in [1.165, 1.54) is 7.11 Å². The normalized spacial score (nSPS) is 18.5. The molecular weight excluding hydrogens is 272 g/mol. The van der Waals surface area contributed by atoms with Crippen LogP contribution in [0.1, 0.15) is 17.0 Å². The summed E-state index contributed by atoms with van der Waals surface area (Å²) in [6.45, 7) is 2.00. The van der Waals surface area contributed by atoms with E-state index in [4.69, 9.17) is 9.47 Å². The maximum Gasteiger partial charge on any atom is 0.348 e. The molecule has 0 saturated heterocycles. The lowest BCUT2D eigenvalue weighted by atomic mass is 9.85. The van der Waals surface area contributed by atoms with Gasteiger partial charge < -0.3 is 15.0 Å². The van der Waals surface area contributed by atoms with E-state index in [0.29, 0.717) is 22.1 Å². The minimum Gasteiger partial charge on any atom is -0.499 e. The van der Waals surface area contributed by atoms with Crippen LogP contribution in [0.25, 0.3) is 5.53 Å². The molecule has 0 fully saturated rings. The molecule has 1 aliphatic rings. The van der Waals surface area contributed by atoms with Crippen LogP contribution < -0.4 is 0 Å². The van der Waals surface area contributed by atoms with Crippen LogP contribution >= 0.6 is 12.6 Å². The summed E-state index contributed by atoms with van der Waals surface area (Å²) in [6, 6.07) is 7.88. The smallest absolute Gasteiger partial charge is 0.348 e. The van der Waals surface area contributed by atoms with Gasteiger partial charge in [0.2, 0.25) is 5.76 Å². The number of thiol groups is 1.